The van der Waals surface area contributed by atoms with Gasteiger partial charge in [-0.05, 0) is 32.8 Å². The van der Waals surface area contributed by atoms with Crippen LogP contribution in [0.25, 0.3) is 0 Å². The Bertz CT molecular complexity index is 547. The summed E-state index contributed by atoms with van der Waals surface area (Å²) in [5, 5.41) is 0. The smallest absolute Gasteiger partial charge is 0.244 e. The lowest BCUT2D eigenvalue weighted by atomic mass is 10.0. The lowest BCUT2D eigenvalue weighted by Gasteiger charge is -2.33. The molecule has 1 aromatic heterocycles. The normalized spacial score (nSPS) is 13.2. The van der Waals surface area contributed by atoms with Crippen LogP contribution in [0.3, 0.4) is 0 Å². The predicted octanol–water partition coefficient (Wildman–Crippen LogP) is 2.17. The van der Waals surface area contributed by atoms with Crippen LogP contribution in [0.1, 0.15) is 46.2 Å². The zero-order valence-electron chi connectivity index (χ0n) is 13.2. The van der Waals surface area contributed by atoms with Crippen LogP contribution in [0.5, 0.6) is 0 Å². The minimum absolute atomic E-state index is 0.329. The first-order valence-electron chi connectivity index (χ1n) is 7.08. The van der Waals surface area contributed by atoms with Gasteiger partial charge in [0.1, 0.15) is 4.90 Å². The van der Waals surface area contributed by atoms with Crippen LogP contribution in [-0.2, 0) is 23.1 Å². The average molecular weight is 301 g/mol. The number of hydrogen-bond acceptors (Lipinski definition) is 3. The Hall–Kier alpha value is -0.850. The van der Waals surface area contributed by atoms with Crippen LogP contribution < -0.4 is 5.73 Å². The lowest BCUT2D eigenvalue weighted by Crippen LogP contribution is -2.44. The van der Waals surface area contributed by atoms with Crippen molar-refractivity contribution in [3.63, 3.8) is 0 Å². The minimum Gasteiger partial charge on any atom is -0.349 e. The zero-order chi connectivity index (χ0) is 15.6. The number of nitrogens with two attached hydrogens (primary N) is 1. The van der Waals surface area contributed by atoms with Crippen molar-refractivity contribution in [1.29, 1.82) is 0 Å². The molecule has 0 spiro atoms. The van der Waals surface area contributed by atoms with Crippen molar-refractivity contribution in [1.82, 2.24) is 8.87 Å². The summed E-state index contributed by atoms with van der Waals surface area (Å²) in [5.74, 6) is 0. The number of nitrogens with zero attached hydrogens (tertiary/aromatic N) is 2. The van der Waals surface area contributed by atoms with E-state index in [0.717, 1.165) is 25.1 Å². The molecule has 0 saturated carbocycles. The third kappa shape index (κ3) is 3.24. The maximum Gasteiger partial charge on any atom is 0.244 e. The second kappa shape index (κ2) is 6.28. The maximum absolute atomic E-state index is 12.7. The maximum atomic E-state index is 12.7. The number of aryl methyl sites for hydroxylation is 1. The topological polar surface area (TPSA) is 68.3 Å². The number of sulfonamides is 1. The molecule has 0 atom stereocenters. The van der Waals surface area contributed by atoms with Crippen molar-refractivity contribution >= 4 is 10.0 Å². The minimum atomic E-state index is -3.48. The molecule has 0 saturated heterocycles. The van der Waals surface area contributed by atoms with Crippen molar-refractivity contribution in [2.75, 3.05) is 7.05 Å². The first-order valence-corrected chi connectivity index (χ1v) is 8.52. The fourth-order valence-electron chi connectivity index (χ4n) is 1.99. The molecule has 0 amide bonds. The molecule has 1 heterocycles. The van der Waals surface area contributed by atoms with Crippen LogP contribution in [0.15, 0.2) is 17.2 Å². The van der Waals surface area contributed by atoms with Crippen LogP contribution in [0, 0.1) is 0 Å². The Balaban J connectivity index is 3.22. The van der Waals surface area contributed by atoms with E-state index in [1.807, 2.05) is 25.3 Å². The predicted molar refractivity (Wildman–Crippen MR) is 81.9 cm³/mol. The molecule has 2 N–H and O–H groups in total. The van der Waals surface area contributed by atoms with E-state index < -0.39 is 15.6 Å². The van der Waals surface area contributed by atoms with Gasteiger partial charge >= 0.3 is 0 Å². The van der Waals surface area contributed by atoms with Crippen molar-refractivity contribution in [2.45, 2.75) is 64.1 Å². The Kier molecular flexibility index (Phi) is 5.40. The van der Waals surface area contributed by atoms with Crippen LogP contribution in [-0.4, -0.2) is 29.9 Å². The fraction of sp³-hybridized carbons (Fsp3) is 0.714. The van der Waals surface area contributed by atoms with Crippen LogP contribution in [0.4, 0.5) is 0 Å². The van der Waals surface area contributed by atoms with Gasteiger partial charge < -0.3 is 10.3 Å². The van der Waals surface area contributed by atoms with Gasteiger partial charge in [-0.2, -0.15) is 4.31 Å². The van der Waals surface area contributed by atoms with Gasteiger partial charge in [0.15, 0.2) is 0 Å². The largest absolute Gasteiger partial charge is 0.349 e. The van der Waals surface area contributed by atoms with E-state index in [0.29, 0.717) is 11.4 Å². The highest BCUT2D eigenvalue weighted by Gasteiger charge is 2.33. The van der Waals surface area contributed by atoms with E-state index in [1.165, 1.54) is 4.31 Å². The summed E-state index contributed by atoms with van der Waals surface area (Å²) in [4.78, 5) is 0.329. The Morgan fingerprint density at radius 2 is 1.95 bits per heavy atom. The van der Waals surface area contributed by atoms with E-state index in [9.17, 15) is 8.42 Å². The summed E-state index contributed by atoms with van der Waals surface area (Å²) >= 11 is 0. The highest BCUT2D eigenvalue weighted by atomic mass is 32.2. The summed E-state index contributed by atoms with van der Waals surface area (Å²) in [6, 6.07) is 1.69. The van der Waals surface area contributed by atoms with E-state index in [2.05, 4.69) is 6.92 Å². The van der Waals surface area contributed by atoms with Gasteiger partial charge in [0.25, 0.3) is 0 Å². The summed E-state index contributed by atoms with van der Waals surface area (Å²) in [5.41, 5.74) is 6.14. The molecule has 5 nitrogen and oxygen atoms in total. The zero-order valence-corrected chi connectivity index (χ0v) is 14.0. The number of rotatable bonds is 7. The first kappa shape index (κ1) is 17.2. The molecule has 116 valence electrons. The molecule has 0 aromatic carbocycles. The molecular weight excluding hydrogens is 274 g/mol. The second-order valence-electron chi connectivity index (χ2n) is 5.70. The van der Waals surface area contributed by atoms with Crippen LogP contribution in [0.2, 0.25) is 0 Å². The summed E-state index contributed by atoms with van der Waals surface area (Å²) in [6.07, 6.45) is 3.39. The van der Waals surface area contributed by atoms with Crippen molar-refractivity contribution in [2.24, 2.45) is 5.73 Å². The standard InChI is InChI=1S/C14H27N3O2S/c1-6-8-17-11-13(9-12(17)10-15)20(18,19)16(5)14(3,4)7-2/h9,11H,6-8,10,15H2,1-5H3. The van der Waals surface area contributed by atoms with Gasteiger partial charge in [0.2, 0.25) is 10.0 Å². The van der Waals surface area contributed by atoms with Crippen LogP contribution >= 0.6 is 0 Å². The monoisotopic (exact) mass is 301 g/mol. The quantitative estimate of drug-likeness (QED) is 0.839. The molecule has 1 aromatic rings. The number of hydrogen-bond donors (Lipinski definition) is 1. The SMILES string of the molecule is CCCn1cc(S(=O)(=O)N(C)C(C)(C)CC)cc1CN. The molecule has 0 aliphatic heterocycles. The molecule has 0 radical (unpaired) electrons. The Labute approximate surface area is 122 Å². The molecule has 0 aliphatic rings. The van der Waals surface area contributed by atoms with Gasteiger partial charge in [-0.3, -0.25) is 0 Å². The van der Waals surface area contributed by atoms with Gasteiger partial charge in [-0.1, -0.05) is 13.8 Å². The van der Waals surface area contributed by atoms with Crippen molar-refractivity contribution in [3.8, 4) is 0 Å². The lowest BCUT2D eigenvalue weighted by molar-refractivity contribution is 0.257. The molecule has 0 unspecified atom stereocenters. The van der Waals surface area contributed by atoms with Gasteiger partial charge in [0, 0.05) is 37.6 Å². The van der Waals surface area contributed by atoms with E-state index >= 15 is 0 Å². The molecule has 0 aliphatic carbocycles. The van der Waals surface area contributed by atoms with Gasteiger partial charge in [-0.15, -0.1) is 0 Å². The van der Waals surface area contributed by atoms with Crippen molar-refractivity contribution in [3.05, 3.63) is 18.0 Å². The van der Waals surface area contributed by atoms with Gasteiger partial charge in [0.05, 0.1) is 0 Å². The highest BCUT2D eigenvalue weighted by molar-refractivity contribution is 7.89. The summed E-state index contributed by atoms with van der Waals surface area (Å²) in [7, 11) is -1.84. The molecular formula is C14H27N3O2S. The molecule has 6 heteroatoms. The van der Waals surface area contributed by atoms with Gasteiger partial charge in [-0.25, -0.2) is 8.42 Å². The second-order valence-corrected chi connectivity index (χ2v) is 7.67. The molecule has 0 bridgehead atoms. The van der Waals surface area contributed by atoms with E-state index in [4.69, 9.17) is 5.73 Å². The van der Waals surface area contributed by atoms with E-state index in [1.54, 1.807) is 19.3 Å². The average Bonchev–Trinajstić information content (AvgIpc) is 2.82. The molecule has 0 fully saturated rings. The third-order valence-corrected chi connectivity index (χ3v) is 6.04. The molecule has 20 heavy (non-hydrogen) atoms. The highest BCUT2D eigenvalue weighted by Crippen LogP contribution is 2.26. The summed E-state index contributed by atoms with van der Waals surface area (Å²) in [6.45, 7) is 9.02. The third-order valence-electron chi connectivity index (χ3n) is 4.01. The first-order chi connectivity index (χ1) is 9.20. The molecule has 1 rings (SSSR count). The number of aromatic nitrogens is 1. The summed E-state index contributed by atoms with van der Waals surface area (Å²) < 4.78 is 28.8. The Morgan fingerprint density at radius 1 is 1.35 bits per heavy atom. The fourth-order valence-corrected chi connectivity index (χ4v) is 3.63. The van der Waals surface area contributed by atoms with Crippen molar-refractivity contribution < 1.29 is 8.42 Å². The Morgan fingerprint density at radius 3 is 2.40 bits per heavy atom. The van der Waals surface area contributed by atoms with E-state index in [-0.39, 0.29) is 0 Å².